The molecule has 1 fully saturated rings. The first-order valence-electron chi connectivity index (χ1n) is 12.2. The number of benzene rings is 2. The quantitative estimate of drug-likeness (QED) is 0.356. The number of aryl methyl sites for hydroxylation is 1. The lowest BCUT2D eigenvalue weighted by Gasteiger charge is -2.27. The van der Waals surface area contributed by atoms with Crippen molar-refractivity contribution in [3.8, 4) is 11.5 Å². The van der Waals surface area contributed by atoms with E-state index in [0.717, 1.165) is 24.2 Å². The Morgan fingerprint density at radius 3 is 2.49 bits per heavy atom. The highest BCUT2D eigenvalue weighted by atomic mass is 35.5. The molecular weight excluding hydrogens is 494 g/mol. The Morgan fingerprint density at radius 2 is 1.84 bits per heavy atom. The van der Waals surface area contributed by atoms with Crippen molar-refractivity contribution in [2.75, 3.05) is 32.6 Å². The van der Waals surface area contributed by atoms with Crippen LogP contribution < -0.4 is 14.8 Å². The van der Waals surface area contributed by atoms with Gasteiger partial charge in [0.25, 0.3) is 0 Å². The molecule has 0 saturated heterocycles. The van der Waals surface area contributed by atoms with E-state index in [2.05, 4.69) is 5.32 Å². The number of carbonyl (C=O) groups excluding carboxylic acids is 2. The zero-order valence-electron chi connectivity index (χ0n) is 21.3. The number of hydrogen-bond acceptors (Lipinski definition) is 5. The van der Waals surface area contributed by atoms with E-state index in [1.165, 1.54) is 0 Å². The second kappa shape index (κ2) is 12.1. The fourth-order valence-electron chi connectivity index (χ4n) is 4.11. The first-order valence-corrected chi connectivity index (χ1v) is 12.6. The summed E-state index contributed by atoms with van der Waals surface area (Å²) in [5, 5.41) is 3.40. The minimum Gasteiger partial charge on any atom is -0.493 e. The molecule has 3 amide bonds. The predicted molar refractivity (Wildman–Crippen MR) is 142 cm³/mol. The molecule has 1 aliphatic rings. The van der Waals surface area contributed by atoms with Gasteiger partial charge in [0.1, 0.15) is 18.1 Å². The first kappa shape index (κ1) is 26.4. The number of halogens is 1. The Kier molecular flexibility index (Phi) is 8.61. The summed E-state index contributed by atoms with van der Waals surface area (Å²) in [5.74, 6) is 2.61. The molecule has 0 spiro atoms. The average molecular weight is 526 g/mol. The molecule has 37 heavy (non-hydrogen) atoms. The Balaban J connectivity index is 1.47. The zero-order chi connectivity index (χ0) is 26.4. The van der Waals surface area contributed by atoms with Crippen LogP contribution in [0.15, 0.2) is 59.0 Å². The summed E-state index contributed by atoms with van der Waals surface area (Å²) in [6, 6.07) is 16.2. The van der Waals surface area contributed by atoms with Gasteiger partial charge in [-0.15, -0.1) is 0 Å². The minimum absolute atomic E-state index is 0.0251. The average Bonchev–Trinajstić information content (AvgIpc) is 3.65. The largest absolute Gasteiger partial charge is 0.493 e. The maximum atomic E-state index is 13.5. The van der Waals surface area contributed by atoms with E-state index in [4.69, 9.17) is 25.5 Å². The van der Waals surface area contributed by atoms with Crippen LogP contribution in [0.2, 0.25) is 5.02 Å². The predicted octanol–water partition coefficient (Wildman–Crippen LogP) is 5.53. The van der Waals surface area contributed by atoms with Crippen LogP contribution in [-0.2, 0) is 17.8 Å². The highest BCUT2D eigenvalue weighted by Gasteiger charge is 2.35. The van der Waals surface area contributed by atoms with Gasteiger partial charge >= 0.3 is 6.03 Å². The molecule has 1 heterocycles. The molecule has 1 saturated carbocycles. The molecule has 0 radical (unpaired) electrons. The van der Waals surface area contributed by atoms with Crippen molar-refractivity contribution >= 4 is 29.2 Å². The van der Waals surface area contributed by atoms with Crippen molar-refractivity contribution in [2.45, 2.75) is 38.8 Å². The third-order valence-electron chi connectivity index (χ3n) is 6.24. The fraction of sp³-hybridized carbons (Fsp3) is 0.357. The van der Waals surface area contributed by atoms with E-state index in [-0.39, 0.29) is 24.5 Å². The molecule has 1 N–H and O–H groups in total. The van der Waals surface area contributed by atoms with Crippen molar-refractivity contribution in [1.82, 2.24) is 9.80 Å². The monoisotopic (exact) mass is 525 g/mol. The van der Waals surface area contributed by atoms with Crippen LogP contribution in [0.1, 0.15) is 29.9 Å². The number of amides is 3. The summed E-state index contributed by atoms with van der Waals surface area (Å²) in [7, 11) is 3.19. The highest BCUT2D eigenvalue weighted by Crippen LogP contribution is 2.29. The van der Waals surface area contributed by atoms with Gasteiger partial charge in [-0.2, -0.15) is 0 Å². The Bertz CT molecular complexity index is 1240. The minimum atomic E-state index is -0.313. The molecule has 9 heteroatoms. The molecule has 4 rings (SSSR count). The third-order valence-corrected chi connectivity index (χ3v) is 6.48. The number of nitrogens with one attached hydrogen (secondary N) is 1. The normalized spacial score (nSPS) is 12.6. The van der Waals surface area contributed by atoms with Gasteiger partial charge in [-0.25, -0.2) is 4.79 Å². The highest BCUT2D eigenvalue weighted by molar-refractivity contribution is 6.30. The molecular formula is C28H32ClN3O5. The molecule has 1 aliphatic carbocycles. The van der Waals surface area contributed by atoms with Gasteiger partial charge in [-0.3, -0.25) is 4.79 Å². The molecule has 196 valence electrons. The third kappa shape index (κ3) is 7.20. The number of urea groups is 1. The number of anilines is 1. The maximum absolute atomic E-state index is 13.5. The lowest BCUT2D eigenvalue weighted by Crippen LogP contribution is -2.45. The summed E-state index contributed by atoms with van der Waals surface area (Å²) >= 11 is 6.06. The fourth-order valence-corrected chi connectivity index (χ4v) is 4.30. The number of hydrogen-bond donors (Lipinski definition) is 1. The SMILES string of the molecule is COc1ccc(CCN(Cc2ccc(C)o2)C(=O)CN(C(=O)Nc2cccc(Cl)c2)C2CC2)cc1OC. The van der Waals surface area contributed by atoms with Crippen molar-refractivity contribution in [3.05, 3.63) is 76.7 Å². The lowest BCUT2D eigenvalue weighted by molar-refractivity contribution is -0.132. The van der Waals surface area contributed by atoms with Gasteiger partial charge in [-0.05, 0) is 74.2 Å². The molecule has 8 nitrogen and oxygen atoms in total. The molecule has 1 aromatic heterocycles. The molecule has 0 aliphatic heterocycles. The van der Waals surface area contributed by atoms with E-state index in [1.807, 2.05) is 37.3 Å². The van der Waals surface area contributed by atoms with Gasteiger partial charge in [0.05, 0.1) is 20.8 Å². The van der Waals surface area contributed by atoms with Crippen LogP contribution >= 0.6 is 11.6 Å². The summed E-state index contributed by atoms with van der Waals surface area (Å²) < 4.78 is 16.5. The van der Waals surface area contributed by atoms with Crippen molar-refractivity contribution < 1.29 is 23.5 Å². The van der Waals surface area contributed by atoms with Gasteiger partial charge in [0.15, 0.2) is 11.5 Å². The van der Waals surface area contributed by atoms with E-state index >= 15 is 0 Å². The van der Waals surface area contributed by atoms with Crippen LogP contribution in [0.5, 0.6) is 11.5 Å². The molecule has 2 aromatic carbocycles. The molecule has 0 bridgehead atoms. The van der Waals surface area contributed by atoms with Crippen molar-refractivity contribution in [1.29, 1.82) is 0 Å². The Labute approximate surface area is 222 Å². The Morgan fingerprint density at radius 1 is 1.05 bits per heavy atom. The second-order valence-electron chi connectivity index (χ2n) is 9.07. The second-order valence-corrected chi connectivity index (χ2v) is 9.50. The topological polar surface area (TPSA) is 84.2 Å². The standard InChI is InChI=1S/C28H32ClN3O5/c1-19-7-11-24(37-19)17-31(14-13-20-8-12-25(35-2)26(15-20)36-3)27(33)18-32(23-9-10-23)28(34)30-22-6-4-5-21(29)16-22/h4-8,11-12,15-16,23H,9-10,13-14,17-18H2,1-3H3,(H,30,34). The van der Waals surface area contributed by atoms with Crippen LogP contribution in [-0.4, -0.2) is 55.1 Å². The molecule has 0 unspecified atom stereocenters. The van der Waals surface area contributed by atoms with Crippen molar-refractivity contribution in [2.24, 2.45) is 0 Å². The smallest absolute Gasteiger partial charge is 0.322 e. The van der Waals surface area contributed by atoms with Gasteiger partial charge in [0.2, 0.25) is 5.91 Å². The number of nitrogens with zero attached hydrogens (tertiary/aromatic N) is 2. The lowest BCUT2D eigenvalue weighted by atomic mass is 10.1. The number of furan rings is 1. The summed E-state index contributed by atoms with van der Waals surface area (Å²) in [6.07, 6.45) is 2.35. The van der Waals surface area contributed by atoms with E-state index < -0.39 is 0 Å². The zero-order valence-corrected chi connectivity index (χ0v) is 22.1. The van der Waals surface area contributed by atoms with Crippen LogP contribution in [0.3, 0.4) is 0 Å². The Hall–Kier alpha value is -3.65. The van der Waals surface area contributed by atoms with Gasteiger partial charge in [-0.1, -0.05) is 23.7 Å². The number of methoxy groups -OCH3 is 2. The van der Waals surface area contributed by atoms with E-state index in [0.29, 0.717) is 47.5 Å². The molecule has 3 aromatic rings. The number of rotatable bonds is 11. The van der Waals surface area contributed by atoms with E-state index in [1.54, 1.807) is 48.3 Å². The van der Waals surface area contributed by atoms with Crippen LogP contribution in [0.4, 0.5) is 10.5 Å². The summed E-state index contributed by atoms with van der Waals surface area (Å²) in [6.45, 7) is 2.61. The maximum Gasteiger partial charge on any atom is 0.322 e. The van der Waals surface area contributed by atoms with Gasteiger partial charge in [0, 0.05) is 23.3 Å². The number of ether oxygens (including phenoxy) is 2. The van der Waals surface area contributed by atoms with Gasteiger partial charge < -0.3 is 29.0 Å². The van der Waals surface area contributed by atoms with E-state index in [9.17, 15) is 9.59 Å². The first-order chi connectivity index (χ1) is 17.9. The van der Waals surface area contributed by atoms with Crippen molar-refractivity contribution in [3.63, 3.8) is 0 Å². The van der Waals surface area contributed by atoms with Crippen LogP contribution in [0, 0.1) is 6.92 Å². The summed E-state index contributed by atoms with van der Waals surface area (Å²) in [5.41, 5.74) is 1.59. The molecule has 0 atom stereocenters. The summed E-state index contributed by atoms with van der Waals surface area (Å²) in [4.78, 5) is 30.0. The number of carbonyl (C=O) groups is 2. The van der Waals surface area contributed by atoms with Crippen LogP contribution in [0.25, 0.3) is 0 Å².